The molecule has 3 N–H and O–H groups in total. The quantitative estimate of drug-likeness (QED) is 0.267. The maximum atomic E-state index is 13.3. The fourth-order valence-corrected chi connectivity index (χ4v) is 4.93. The maximum Gasteiger partial charge on any atom is 0.250 e. The van der Waals surface area contributed by atoms with E-state index < -0.39 is 5.60 Å². The van der Waals surface area contributed by atoms with Gasteiger partial charge in [-0.1, -0.05) is 71.9 Å². The number of hydrogen-bond donors (Lipinski definition) is 2. The Morgan fingerprint density at radius 1 is 1.00 bits per heavy atom. The van der Waals surface area contributed by atoms with Crippen molar-refractivity contribution in [1.29, 1.82) is 0 Å². The number of fused-ring (bicyclic) bond motifs is 1. The summed E-state index contributed by atoms with van der Waals surface area (Å²) < 4.78 is 0. The number of amidine groups is 1. The number of hydrogen-bond acceptors (Lipinski definition) is 6. The number of aliphatic hydroxyl groups is 1. The first kappa shape index (κ1) is 36.7. The van der Waals surface area contributed by atoms with E-state index in [1.54, 1.807) is 13.8 Å². The van der Waals surface area contributed by atoms with Crippen molar-refractivity contribution in [3.63, 3.8) is 0 Å². The summed E-state index contributed by atoms with van der Waals surface area (Å²) in [6.07, 6.45) is 5.63. The van der Waals surface area contributed by atoms with E-state index in [1.807, 2.05) is 82.1 Å². The molecule has 0 unspecified atom stereocenters. The van der Waals surface area contributed by atoms with Gasteiger partial charge in [-0.05, 0) is 69.0 Å². The summed E-state index contributed by atoms with van der Waals surface area (Å²) >= 11 is 0. The fraction of sp³-hybridized carbons (Fsp3) is 0.514. The molecule has 0 atom stereocenters. The highest BCUT2D eigenvalue weighted by Gasteiger charge is 2.21. The standard InChI is InChI=1S/C31H42N4O3.2C2H6/c1-6-13-35(14-7-2)30(37)27-17-25-10-8-23(18-28(25)33-29(32)19-27)22-9-11-26(20-36)24(16-22)12-15-34(5)21-31(3,4)38;2*1-2/h8-11,16-18,20,38H,6-7,12-15,19,21H2,1-5H3,(H2,32,33);2*1-2H3. The molecule has 0 aromatic heterocycles. The molecule has 0 bridgehead atoms. The third-order valence-corrected chi connectivity index (χ3v) is 6.57. The van der Waals surface area contributed by atoms with E-state index in [-0.39, 0.29) is 5.91 Å². The largest absolute Gasteiger partial charge is 0.389 e. The number of rotatable bonds is 12. The smallest absolute Gasteiger partial charge is 0.250 e. The summed E-state index contributed by atoms with van der Waals surface area (Å²) in [5.74, 6) is 0.438. The summed E-state index contributed by atoms with van der Waals surface area (Å²) in [7, 11) is 1.97. The normalized spacial score (nSPS) is 12.5. The van der Waals surface area contributed by atoms with Gasteiger partial charge in [0.25, 0.3) is 0 Å². The Bertz CT molecular complexity index is 1210. The zero-order valence-electron chi connectivity index (χ0n) is 27.5. The minimum absolute atomic E-state index is 0.0208. The van der Waals surface area contributed by atoms with Gasteiger partial charge in [-0.3, -0.25) is 9.59 Å². The molecule has 232 valence electrons. The lowest BCUT2D eigenvalue weighted by molar-refractivity contribution is -0.127. The first-order valence-electron chi connectivity index (χ1n) is 15.5. The lowest BCUT2D eigenvalue weighted by atomic mass is 9.96. The van der Waals surface area contributed by atoms with Gasteiger partial charge in [-0.15, -0.1) is 0 Å². The van der Waals surface area contributed by atoms with Crippen molar-refractivity contribution in [2.75, 3.05) is 33.2 Å². The van der Waals surface area contributed by atoms with Crippen LogP contribution in [0.25, 0.3) is 17.2 Å². The Hall–Kier alpha value is -3.29. The van der Waals surface area contributed by atoms with Gasteiger partial charge >= 0.3 is 0 Å². The van der Waals surface area contributed by atoms with Crippen LogP contribution in [0.5, 0.6) is 0 Å². The van der Waals surface area contributed by atoms with Gasteiger partial charge in [0, 0.05) is 49.3 Å². The third kappa shape index (κ3) is 11.2. The zero-order chi connectivity index (χ0) is 31.9. The van der Waals surface area contributed by atoms with Crippen molar-refractivity contribution in [2.45, 2.75) is 86.7 Å². The Kier molecular flexibility index (Phi) is 16.0. The monoisotopic (exact) mass is 578 g/mol. The molecule has 42 heavy (non-hydrogen) atoms. The van der Waals surface area contributed by atoms with Gasteiger partial charge in [-0.2, -0.15) is 0 Å². The molecule has 7 heteroatoms. The Labute approximate surface area is 254 Å². The zero-order valence-corrected chi connectivity index (χ0v) is 27.5. The van der Waals surface area contributed by atoms with Crippen molar-refractivity contribution in [2.24, 2.45) is 10.7 Å². The van der Waals surface area contributed by atoms with Gasteiger partial charge in [-0.25, -0.2) is 4.99 Å². The highest BCUT2D eigenvalue weighted by molar-refractivity contribution is 6.05. The van der Waals surface area contributed by atoms with Crippen LogP contribution in [0.1, 0.15) is 96.1 Å². The van der Waals surface area contributed by atoms with E-state index in [4.69, 9.17) is 5.73 Å². The van der Waals surface area contributed by atoms with Crippen molar-refractivity contribution >= 4 is 29.8 Å². The number of nitrogens with two attached hydrogens (primary N) is 1. The molecular formula is C35H54N4O3. The minimum atomic E-state index is -0.780. The van der Waals surface area contributed by atoms with Crippen molar-refractivity contribution in [3.05, 3.63) is 58.7 Å². The molecule has 0 fully saturated rings. The number of carbonyl (C=O) groups is 2. The SMILES string of the molecule is CC.CC.CCCN(CCC)C(=O)C1=Cc2ccc(-c3ccc(C=O)c(CCN(C)CC(C)(C)O)c3)cc2N=C(N)C1. The van der Waals surface area contributed by atoms with E-state index >= 15 is 0 Å². The Morgan fingerprint density at radius 2 is 1.60 bits per heavy atom. The first-order valence-corrected chi connectivity index (χ1v) is 15.5. The minimum Gasteiger partial charge on any atom is -0.389 e. The molecule has 1 amide bonds. The van der Waals surface area contributed by atoms with Gasteiger partial charge in [0.05, 0.1) is 11.3 Å². The third-order valence-electron chi connectivity index (χ3n) is 6.57. The highest BCUT2D eigenvalue weighted by Crippen LogP contribution is 2.33. The van der Waals surface area contributed by atoms with Crippen molar-refractivity contribution in [3.8, 4) is 11.1 Å². The van der Waals surface area contributed by atoms with Gasteiger partial charge < -0.3 is 20.6 Å². The molecule has 1 aliphatic heterocycles. The number of likely N-dealkylation sites (N-methyl/N-ethyl adjacent to an activating group) is 1. The summed E-state index contributed by atoms with van der Waals surface area (Å²) in [5.41, 5.74) is 11.3. The molecule has 1 heterocycles. The molecule has 1 aliphatic rings. The molecule has 3 rings (SSSR count). The van der Waals surface area contributed by atoms with E-state index in [1.165, 1.54) is 0 Å². The predicted molar refractivity (Wildman–Crippen MR) is 178 cm³/mol. The van der Waals surface area contributed by atoms with Crippen LogP contribution in [-0.4, -0.2) is 71.8 Å². The number of aldehydes is 1. The second kappa shape index (κ2) is 18.3. The summed E-state index contributed by atoms with van der Waals surface area (Å²) in [6, 6.07) is 11.8. The van der Waals surface area contributed by atoms with Gasteiger partial charge in [0.1, 0.15) is 12.1 Å². The maximum absolute atomic E-state index is 13.3. The molecule has 0 radical (unpaired) electrons. The Balaban J connectivity index is 0.00000211. The highest BCUT2D eigenvalue weighted by atomic mass is 16.3. The molecule has 0 aliphatic carbocycles. The average Bonchev–Trinajstić information content (AvgIpc) is 3.14. The van der Waals surface area contributed by atoms with E-state index in [2.05, 4.69) is 23.7 Å². The molecule has 0 saturated heterocycles. The van der Waals surface area contributed by atoms with Crippen LogP contribution >= 0.6 is 0 Å². The molecular weight excluding hydrogens is 524 g/mol. The number of amides is 1. The molecule has 2 aromatic carbocycles. The van der Waals surface area contributed by atoms with E-state index in [0.29, 0.717) is 42.9 Å². The average molecular weight is 579 g/mol. The second-order valence-corrected chi connectivity index (χ2v) is 10.8. The van der Waals surface area contributed by atoms with E-state index in [0.717, 1.165) is 60.2 Å². The number of aliphatic imine (C=N–C) groups is 1. The van der Waals surface area contributed by atoms with Gasteiger partial charge in [0.2, 0.25) is 5.91 Å². The molecule has 0 spiro atoms. The number of nitrogens with zero attached hydrogens (tertiary/aromatic N) is 3. The lowest BCUT2D eigenvalue weighted by Crippen LogP contribution is -2.37. The summed E-state index contributed by atoms with van der Waals surface area (Å²) in [6.45, 7) is 18.4. The van der Waals surface area contributed by atoms with Gasteiger partial charge in [0.15, 0.2) is 0 Å². The first-order chi connectivity index (χ1) is 20.0. The topological polar surface area (TPSA) is 99.2 Å². The van der Waals surface area contributed by atoms with Crippen LogP contribution in [0.3, 0.4) is 0 Å². The van der Waals surface area contributed by atoms with Crippen LogP contribution < -0.4 is 5.73 Å². The summed E-state index contributed by atoms with van der Waals surface area (Å²) in [4.78, 5) is 33.6. The number of benzene rings is 2. The van der Waals surface area contributed by atoms with E-state index in [9.17, 15) is 14.7 Å². The van der Waals surface area contributed by atoms with Crippen molar-refractivity contribution in [1.82, 2.24) is 9.80 Å². The van der Waals surface area contributed by atoms with Crippen LogP contribution in [-0.2, 0) is 11.2 Å². The van der Waals surface area contributed by atoms with Crippen LogP contribution in [0.2, 0.25) is 0 Å². The summed E-state index contributed by atoms with van der Waals surface area (Å²) in [5, 5.41) is 10.1. The van der Waals surface area contributed by atoms with Crippen molar-refractivity contribution < 1.29 is 14.7 Å². The fourth-order valence-electron chi connectivity index (χ4n) is 4.93. The number of carbonyl (C=O) groups excluding carboxylic acids is 2. The lowest BCUT2D eigenvalue weighted by Gasteiger charge is -2.25. The molecule has 7 nitrogen and oxygen atoms in total. The van der Waals surface area contributed by atoms with Crippen LogP contribution in [0, 0.1) is 0 Å². The Morgan fingerprint density at radius 3 is 2.17 bits per heavy atom. The van der Waals surface area contributed by atoms with Crippen LogP contribution in [0.15, 0.2) is 47.0 Å². The second-order valence-electron chi connectivity index (χ2n) is 10.8. The predicted octanol–water partition coefficient (Wildman–Crippen LogP) is 6.89. The van der Waals surface area contributed by atoms with Crippen LogP contribution in [0.4, 0.5) is 5.69 Å². The molecule has 2 aromatic rings. The molecule has 0 saturated carbocycles.